The monoisotopic (exact) mass is 249 g/mol. The fourth-order valence-corrected chi connectivity index (χ4v) is 1.65. The summed E-state index contributed by atoms with van der Waals surface area (Å²) in [6.07, 6.45) is 0.972. The van der Waals surface area contributed by atoms with E-state index in [0.29, 0.717) is 13.1 Å². The van der Waals surface area contributed by atoms with E-state index in [1.807, 2.05) is 24.3 Å². The van der Waals surface area contributed by atoms with Gasteiger partial charge in [0.2, 0.25) is 0 Å². The summed E-state index contributed by atoms with van der Waals surface area (Å²) < 4.78 is 26.0. The Morgan fingerprint density at radius 2 is 1.89 bits per heavy atom. The second-order valence-electron chi connectivity index (χ2n) is 3.81. The summed E-state index contributed by atoms with van der Waals surface area (Å²) in [6, 6.07) is 8.37. The molecule has 0 fully saturated rings. The van der Waals surface area contributed by atoms with Crippen molar-refractivity contribution >= 4 is 5.82 Å². The Labute approximate surface area is 104 Å². The van der Waals surface area contributed by atoms with Crippen LogP contribution >= 0.6 is 0 Å². The van der Waals surface area contributed by atoms with Crippen LogP contribution in [0.2, 0.25) is 0 Å². The van der Waals surface area contributed by atoms with Gasteiger partial charge in [-0.1, -0.05) is 24.3 Å². The molecule has 0 saturated carbocycles. The Hall–Kier alpha value is -2.01. The number of halogens is 2. The number of benzene rings is 1. The van der Waals surface area contributed by atoms with Crippen LogP contribution in [-0.4, -0.2) is 4.98 Å². The summed E-state index contributed by atoms with van der Waals surface area (Å²) in [5, 5.41) is 2.82. The molecule has 2 aromatic rings. The molecule has 0 aliphatic heterocycles. The van der Waals surface area contributed by atoms with Crippen LogP contribution in [0.3, 0.4) is 0 Å². The number of anilines is 1. The Morgan fingerprint density at radius 3 is 2.56 bits per heavy atom. The number of aromatic nitrogens is 1. The van der Waals surface area contributed by atoms with Gasteiger partial charge in [-0.3, -0.25) is 0 Å². The Balaban J connectivity index is 2.11. The van der Waals surface area contributed by atoms with E-state index in [1.165, 1.54) is 0 Å². The van der Waals surface area contributed by atoms with Crippen LogP contribution in [0.5, 0.6) is 0 Å². The molecule has 3 nitrogen and oxygen atoms in total. The molecule has 18 heavy (non-hydrogen) atoms. The number of nitrogens with two attached hydrogens (primary N) is 1. The van der Waals surface area contributed by atoms with Gasteiger partial charge in [0.05, 0.1) is 6.20 Å². The van der Waals surface area contributed by atoms with E-state index in [-0.39, 0.29) is 5.82 Å². The number of hydrogen-bond acceptors (Lipinski definition) is 3. The molecular formula is C13H13F2N3. The number of hydrogen-bond donors (Lipinski definition) is 2. The molecule has 0 bridgehead atoms. The van der Waals surface area contributed by atoms with Gasteiger partial charge >= 0.3 is 0 Å². The molecule has 0 radical (unpaired) electrons. The molecule has 0 aliphatic carbocycles. The van der Waals surface area contributed by atoms with Crippen LogP contribution in [0, 0.1) is 11.6 Å². The molecule has 0 amide bonds. The third-order valence-electron chi connectivity index (χ3n) is 2.59. The lowest BCUT2D eigenvalue weighted by molar-refractivity contribution is 0.575. The second-order valence-corrected chi connectivity index (χ2v) is 3.81. The summed E-state index contributed by atoms with van der Waals surface area (Å²) in [7, 11) is 0. The highest BCUT2D eigenvalue weighted by Gasteiger charge is 2.06. The van der Waals surface area contributed by atoms with Crippen LogP contribution in [0.25, 0.3) is 0 Å². The topological polar surface area (TPSA) is 50.9 Å². The maximum Gasteiger partial charge on any atom is 0.168 e. The lowest BCUT2D eigenvalue weighted by Gasteiger charge is -2.10. The maximum absolute atomic E-state index is 13.3. The third kappa shape index (κ3) is 2.81. The Morgan fingerprint density at radius 1 is 1.17 bits per heavy atom. The molecule has 1 aromatic carbocycles. The van der Waals surface area contributed by atoms with E-state index < -0.39 is 11.6 Å². The van der Waals surface area contributed by atoms with E-state index in [1.54, 1.807) is 0 Å². The first-order chi connectivity index (χ1) is 8.70. The summed E-state index contributed by atoms with van der Waals surface area (Å²) in [6.45, 7) is 0.806. The fourth-order valence-electron chi connectivity index (χ4n) is 1.65. The molecule has 0 atom stereocenters. The maximum atomic E-state index is 13.3. The SMILES string of the molecule is NCc1ccccc1CNc1ncc(F)cc1F. The lowest BCUT2D eigenvalue weighted by Crippen LogP contribution is -2.08. The number of nitrogens with one attached hydrogen (secondary N) is 1. The summed E-state index contributed by atoms with van der Waals surface area (Å²) in [4.78, 5) is 3.66. The standard InChI is InChI=1S/C13H13F2N3/c14-11-5-12(15)13(18-8-11)17-7-10-4-2-1-3-9(10)6-16/h1-5,8H,6-7,16H2,(H,17,18). The first kappa shape index (κ1) is 12.4. The highest BCUT2D eigenvalue weighted by Crippen LogP contribution is 2.14. The minimum Gasteiger partial charge on any atom is -0.364 e. The van der Waals surface area contributed by atoms with Gasteiger partial charge in [-0.25, -0.2) is 13.8 Å². The minimum atomic E-state index is -0.708. The van der Waals surface area contributed by atoms with Gasteiger partial charge < -0.3 is 11.1 Å². The molecule has 0 aliphatic rings. The largest absolute Gasteiger partial charge is 0.364 e. The predicted molar refractivity (Wildman–Crippen MR) is 65.8 cm³/mol. The minimum absolute atomic E-state index is 0.0308. The van der Waals surface area contributed by atoms with Gasteiger partial charge in [0.15, 0.2) is 11.6 Å². The summed E-state index contributed by atoms with van der Waals surface area (Å²) >= 11 is 0. The highest BCUT2D eigenvalue weighted by molar-refractivity contribution is 5.38. The van der Waals surface area contributed by atoms with Gasteiger partial charge in [0.25, 0.3) is 0 Å². The van der Waals surface area contributed by atoms with Crippen molar-refractivity contribution < 1.29 is 8.78 Å². The van der Waals surface area contributed by atoms with Crippen molar-refractivity contribution in [1.82, 2.24) is 4.98 Å². The number of pyridine rings is 1. The van der Waals surface area contributed by atoms with E-state index in [9.17, 15) is 8.78 Å². The van der Waals surface area contributed by atoms with E-state index in [0.717, 1.165) is 23.4 Å². The zero-order chi connectivity index (χ0) is 13.0. The molecular weight excluding hydrogens is 236 g/mol. The van der Waals surface area contributed by atoms with Crippen LogP contribution in [0.4, 0.5) is 14.6 Å². The quantitative estimate of drug-likeness (QED) is 0.875. The molecule has 2 rings (SSSR count). The van der Waals surface area contributed by atoms with Crippen LogP contribution in [0.15, 0.2) is 36.5 Å². The molecule has 1 aromatic heterocycles. The van der Waals surface area contributed by atoms with Crippen molar-refractivity contribution in [3.8, 4) is 0 Å². The van der Waals surface area contributed by atoms with Crippen LogP contribution < -0.4 is 11.1 Å². The van der Waals surface area contributed by atoms with Crippen molar-refractivity contribution in [2.45, 2.75) is 13.1 Å². The Kier molecular flexibility index (Phi) is 3.84. The van der Waals surface area contributed by atoms with Crippen molar-refractivity contribution in [3.63, 3.8) is 0 Å². The van der Waals surface area contributed by atoms with Crippen LogP contribution in [-0.2, 0) is 13.1 Å². The predicted octanol–water partition coefficient (Wildman–Crippen LogP) is 2.43. The molecule has 3 N–H and O–H groups in total. The van der Waals surface area contributed by atoms with Crippen LogP contribution in [0.1, 0.15) is 11.1 Å². The molecule has 0 unspecified atom stereocenters. The van der Waals surface area contributed by atoms with Crippen molar-refractivity contribution in [2.75, 3.05) is 5.32 Å². The van der Waals surface area contributed by atoms with Gasteiger partial charge in [-0.15, -0.1) is 0 Å². The van der Waals surface area contributed by atoms with Crippen molar-refractivity contribution in [2.24, 2.45) is 5.73 Å². The Bertz CT molecular complexity index is 544. The fraction of sp³-hybridized carbons (Fsp3) is 0.154. The normalized spacial score (nSPS) is 10.4. The smallest absolute Gasteiger partial charge is 0.168 e. The van der Waals surface area contributed by atoms with Crippen molar-refractivity contribution in [1.29, 1.82) is 0 Å². The van der Waals surface area contributed by atoms with E-state index in [4.69, 9.17) is 5.73 Å². The first-order valence-corrected chi connectivity index (χ1v) is 5.52. The number of rotatable bonds is 4. The van der Waals surface area contributed by atoms with E-state index >= 15 is 0 Å². The second kappa shape index (κ2) is 5.55. The van der Waals surface area contributed by atoms with Gasteiger partial charge in [-0.05, 0) is 11.1 Å². The molecule has 0 spiro atoms. The molecule has 94 valence electrons. The summed E-state index contributed by atoms with van der Waals surface area (Å²) in [5.41, 5.74) is 7.54. The van der Waals surface area contributed by atoms with Gasteiger partial charge in [0.1, 0.15) is 5.82 Å². The molecule has 0 saturated heterocycles. The zero-order valence-corrected chi connectivity index (χ0v) is 9.66. The lowest BCUT2D eigenvalue weighted by atomic mass is 10.1. The molecule has 5 heteroatoms. The van der Waals surface area contributed by atoms with Crippen molar-refractivity contribution in [3.05, 3.63) is 59.3 Å². The van der Waals surface area contributed by atoms with E-state index in [2.05, 4.69) is 10.3 Å². The average Bonchev–Trinajstić information content (AvgIpc) is 2.38. The third-order valence-corrected chi connectivity index (χ3v) is 2.59. The molecule has 1 heterocycles. The average molecular weight is 249 g/mol. The first-order valence-electron chi connectivity index (χ1n) is 5.52. The summed E-state index contributed by atoms with van der Waals surface area (Å²) in [5.74, 6) is -1.37. The zero-order valence-electron chi connectivity index (χ0n) is 9.66. The van der Waals surface area contributed by atoms with Gasteiger partial charge in [0, 0.05) is 19.2 Å². The van der Waals surface area contributed by atoms with Gasteiger partial charge in [-0.2, -0.15) is 0 Å². The highest BCUT2D eigenvalue weighted by atomic mass is 19.1. The number of nitrogens with zero attached hydrogens (tertiary/aromatic N) is 1.